The zero-order chi connectivity index (χ0) is 12.5. The van der Waals surface area contributed by atoms with Gasteiger partial charge in [0.25, 0.3) is 5.56 Å². The Bertz CT molecular complexity index is 667. The van der Waals surface area contributed by atoms with E-state index in [1.54, 1.807) is 0 Å². The van der Waals surface area contributed by atoms with Crippen LogP contribution in [0.4, 0.5) is 0 Å². The molecule has 0 saturated carbocycles. The Kier molecular flexibility index (Phi) is 2.96. The van der Waals surface area contributed by atoms with Crippen LogP contribution >= 0.6 is 11.8 Å². The minimum absolute atomic E-state index is 0.321. The third-order valence-corrected chi connectivity index (χ3v) is 4.01. The normalized spacial score (nSPS) is 20.3. The quantitative estimate of drug-likeness (QED) is 0.569. The van der Waals surface area contributed by atoms with E-state index in [0.717, 1.165) is 30.3 Å². The van der Waals surface area contributed by atoms with E-state index in [1.165, 1.54) is 0 Å². The minimum atomic E-state index is -0.531. The first-order chi connectivity index (χ1) is 8.72. The van der Waals surface area contributed by atoms with Crippen molar-refractivity contribution in [3.05, 3.63) is 26.7 Å². The molecule has 0 radical (unpaired) electrons. The number of fused-ring (bicyclic) bond motifs is 1. The van der Waals surface area contributed by atoms with Crippen molar-refractivity contribution in [3.63, 3.8) is 0 Å². The number of aromatic amines is 3. The third-order valence-electron chi connectivity index (χ3n) is 2.88. The van der Waals surface area contributed by atoms with Gasteiger partial charge in [-0.2, -0.15) is 11.8 Å². The van der Waals surface area contributed by atoms with Crippen molar-refractivity contribution in [2.24, 2.45) is 0 Å². The van der Waals surface area contributed by atoms with E-state index < -0.39 is 11.2 Å². The van der Waals surface area contributed by atoms with Crippen LogP contribution in [0.1, 0.15) is 5.82 Å². The van der Waals surface area contributed by atoms with E-state index in [4.69, 9.17) is 0 Å². The van der Waals surface area contributed by atoms with Crippen LogP contribution in [-0.4, -0.2) is 44.0 Å². The lowest BCUT2D eigenvalue weighted by Gasteiger charge is -2.21. The topological polar surface area (TPSA) is 106 Å². The summed E-state index contributed by atoms with van der Waals surface area (Å²) >= 11 is 1.90. The fourth-order valence-electron chi connectivity index (χ4n) is 2.06. The van der Waals surface area contributed by atoms with Crippen LogP contribution in [0.2, 0.25) is 0 Å². The van der Waals surface area contributed by atoms with Crippen LogP contribution in [0.15, 0.2) is 9.59 Å². The highest BCUT2D eigenvalue weighted by atomic mass is 32.2. The molecular weight excluding hydrogens is 254 g/mol. The predicted molar refractivity (Wildman–Crippen MR) is 70.2 cm³/mol. The number of H-pyrrole nitrogens is 3. The molecule has 1 fully saturated rings. The summed E-state index contributed by atoms with van der Waals surface area (Å²) in [5.41, 5.74) is -0.314. The van der Waals surface area contributed by atoms with Crippen LogP contribution < -0.4 is 16.6 Å². The third kappa shape index (κ3) is 2.21. The Balaban J connectivity index is 1.91. The number of hydrogen-bond donors (Lipinski definition) is 4. The van der Waals surface area contributed by atoms with E-state index >= 15 is 0 Å². The highest BCUT2D eigenvalue weighted by molar-refractivity contribution is 7.99. The van der Waals surface area contributed by atoms with Crippen LogP contribution in [0.25, 0.3) is 11.2 Å². The standard InChI is InChI=1S/C10H13N5O2S/c16-9-7-8(14-10(17)15-9)13-6(12-7)3-5-4-18-2-1-11-5/h5,11H,1-4H2,(H3,12,13,14,15,16,17). The van der Waals surface area contributed by atoms with E-state index in [1.807, 2.05) is 11.8 Å². The van der Waals surface area contributed by atoms with Crippen molar-refractivity contribution in [3.8, 4) is 0 Å². The van der Waals surface area contributed by atoms with Gasteiger partial charge >= 0.3 is 5.69 Å². The predicted octanol–water partition coefficient (Wildman–Crippen LogP) is -0.813. The molecular formula is C10H13N5O2S. The highest BCUT2D eigenvalue weighted by Gasteiger charge is 2.16. The fraction of sp³-hybridized carbons (Fsp3) is 0.500. The molecule has 96 valence electrons. The Hall–Kier alpha value is -1.54. The van der Waals surface area contributed by atoms with E-state index in [9.17, 15) is 9.59 Å². The number of thioether (sulfide) groups is 1. The van der Waals surface area contributed by atoms with Gasteiger partial charge in [-0.1, -0.05) is 0 Å². The second-order valence-electron chi connectivity index (χ2n) is 4.25. The molecule has 0 aromatic carbocycles. The van der Waals surface area contributed by atoms with Crippen LogP contribution in [0.5, 0.6) is 0 Å². The molecule has 0 bridgehead atoms. The Labute approximate surface area is 106 Å². The molecule has 8 heteroatoms. The number of imidazole rings is 1. The molecule has 1 aliphatic rings. The molecule has 1 atom stereocenters. The van der Waals surface area contributed by atoms with Gasteiger partial charge < -0.3 is 10.3 Å². The van der Waals surface area contributed by atoms with Crippen molar-refractivity contribution >= 4 is 22.9 Å². The Morgan fingerprint density at radius 2 is 2.17 bits per heavy atom. The molecule has 0 aliphatic carbocycles. The lowest BCUT2D eigenvalue weighted by atomic mass is 10.2. The summed E-state index contributed by atoms with van der Waals surface area (Å²) in [6, 6.07) is 0.357. The summed E-state index contributed by atoms with van der Waals surface area (Å²) in [4.78, 5) is 34.6. The molecule has 18 heavy (non-hydrogen) atoms. The zero-order valence-electron chi connectivity index (χ0n) is 9.58. The molecule has 1 aliphatic heterocycles. The largest absolute Gasteiger partial charge is 0.336 e. The molecule has 2 aromatic heterocycles. The van der Waals surface area contributed by atoms with Gasteiger partial charge in [0.15, 0.2) is 5.65 Å². The van der Waals surface area contributed by atoms with Crippen LogP contribution in [0.3, 0.4) is 0 Å². The molecule has 3 heterocycles. The number of rotatable bonds is 2. The van der Waals surface area contributed by atoms with Gasteiger partial charge in [0, 0.05) is 30.5 Å². The lowest BCUT2D eigenvalue weighted by molar-refractivity contribution is 0.553. The summed E-state index contributed by atoms with van der Waals surface area (Å²) in [7, 11) is 0. The van der Waals surface area contributed by atoms with E-state index in [2.05, 4.69) is 25.3 Å². The summed E-state index contributed by atoms with van der Waals surface area (Å²) in [5, 5.41) is 3.40. The summed E-state index contributed by atoms with van der Waals surface area (Å²) in [5.74, 6) is 2.88. The first-order valence-corrected chi connectivity index (χ1v) is 6.90. The minimum Gasteiger partial charge on any atom is -0.336 e. The fourth-order valence-corrected chi connectivity index (χ4v) is 3.01. The van der Waals surface area contributed by atoms with Gasteiger partial charge in [-0.15, -0.1) is 0 Å². The molecule has 2 aromatic rings. The molecule has 1 unspecified atom stereocenters. The zero-order valence-corrected chi connectivity index (χ0v) is 10.4. The number of nitrogens with zero attached hydrogens (tertiary/aromatic N) is 1. The second-order valence-corrected chi connectivity index (χ2v) is 5.40. The first-order valence-electron chi connectivity index (χ1n) is 5.75. The summed E-state index contributed by atoms with van der Waals surface area (Å²) in [6.07, 6.45) is 0.725. The van der Waals surface area contributed by atoms with Gasteiger partial charge in [0.2, 0.25) is 0 Å². The molecule has 3 rings (SSSR count). The van der Waals surface area contributed by atoms with Crippen molar-refractivity contribution < 1.29 is 0 Å². The maximum Gasteiger partial charge on any atom is 0.327 e. The van der Waals surface area contributed by atoms with Crippen molar-refractivity contribution in [2.75, 3.05) is 18.1 Å². The van der Waals surface area contributed by atoms with Gasteiger partial charge in [-0.05, 0) is 0 Å². The monoisotopic (exact) mass is 267 g/mol. The van der Waals surface area contributed by atoms with Crippen molar-refractivity contribution in [2.45, 2.75) is 12.5 Å². The van der Waals surface area contributed by atoms with E-state index in [-0.39, 0.29) is 0 Å². The number of nitrogens with one attached hydrogen (secondary N) is 4. The average molecular weight is 267 g/mol. The molecule has 7 nitrogen and oxygen atoms in total. The second kappa shape index (κ2) is 4.62. The maximum atomic E-state index is 11.5. The van der Waals surface area contributed by atoms with Crippen LogP contribution in [0, 0.1) is 0 Å². The Morgan fingerprint density at radius 1 is 1.28 bits per heavy atom. The highest BCUT2D eigenvalue weighted by Crippen LogP contribution is 2.11. The van der Waals surface area contributed by atoms with Crippen molar-refractivity contribution in [1.82, 2.24) is 25.3 Å². The Morgan fingerprint density at radius 3 is 2.94 bits per heavy atom. The van der Waals surface area contributed by atoms with Crippen LogP contribution in [-0.2, 0) is 6.42 Å². The smallest absolute Gasteiger partial charge is 0.327 e. The van der Waals surface area contributed by atoms with Gasteiger partial charge in [0.05, 0.1) is 0 Å². The number of aromatic nitrogens is 4. The molecule has 4 N–H and O–H groups in total. The average Bonchev–Trinajstić information content (AvgIpc) is 2.73. The summed E-state index contributed by atoms with van der Waals surface area (Å²) in [6.45, 7) is 0.993. The SMILES string of the molecule is O=c1[nH]c(=O)c2[nH]c(CC3CSCCN3)nc2[nH]1. The first kappa shape index (κ1) is 11.5. The lowest BCUT2D eigenvalue weighted by Crippen LogP contribution is -2.39. The van der Waals surface area contributed by atoms with E-state index in [0.29, 0.717) is 17.2 Å². The molecule has 0 spiro atoms. The van der Waals surface area contributed by atoms with Gasteiger partial charge in [0.1, 0.15) is 11.3 Å². The molecule has 1 saturated heterocycles. The van der Waals surface area contributed by atoms with Gasteiger partial charge in [-0.3, -0.25) is 14.8 Å². The maximum absolute atomic E-state index is 11.5. The van der Waals surface area contributed by atoms with Crippen molar-refractivity contribution in [1.29, 1.82) is 0 Å². The molecule has 0 amide bonds. The van der Waals surface area contributed by atoms with Gasteiger partial charge in [-0.25, -0.2) is 9.78 Å². The number of hydrogen-bond acceptors (Lipinski definition) is 5. The summed E-state index contributed by atoms with van der Waals surface area (Å²) < 4.78 is 0.